The summed E-state index contributed by atoms with van der Waals surface area (Å²) in [5.41, 5.74) is 1.65. The van der Waals surface area contributed by atoms with Gasteiger partial charge < -0.3 is 15.4 Å². The van der Waals surface area contributed by atoms with Gasteiger partial charge in [-0.3, -0.25) is 14.4 Å². The van der Waals surface area contributed by atoms with Gasteiger partial charge in [0.05, 0.1) is 18.0 Å². The number of anilines is 2. The fourth-order valence-electron chi connectivity index (χ4n) is 2.36. The van der Waals surface area contributed by atoms with E-state index in [-0.39, 0.29) is 24.0 Å². The van der Waals surface area contributed by atoms with Gasteiger partial charge in [-0.15, -0.1) is 0 Å². The molecule has 0 radical (unpaired) electrons. The van der Waals surface area contributed by atoms with Crippen molar-refractivity contribution < 1.29 is 19.1 Å². The largest absolute Gasteiger partial charge is 0.494 e. The number of benzene rings is 2. The van der Waals surface area contributed by atoms with Crippen LogP contribution in [0.2, 0.25) is 0 Å². The summed E-state index contributed by atoms with van der Waals surface area (Å²) in [7, 11) is 0. The maximum absolute atomic E-state index is 12.2. The van der Waals surface area contributed by atoms with Crippen molar-refractivity contribution >= 4 is 44.9 Å². The summed E-state index contributed by atoms with van der Waals surface area (Å²) in [6, 6.07) is 12.2. The number of hydrogen-bond donors (Lipinski definition) is 2. The summed E-state index contributed by atoms with van der Waals surface area (Å²) in [5, 5.41) is 5.48. The number of ketones is 1. The standard InChI is InChI=1S/C20H21BrN2O4/c1-13(24)15-5-3-6-17(11-15)27-10-4-7-20(26)23-19-12-16(21)8-9-18(19)22-14(2)25/h3,5-6,8-9,11-12H,4,7,10H2,1-2H3,(H,22,25)(H,23,26). The minimum atomic E-state index is -0.214. The summed E-state index contributed by atoms with van der Waals surface area (Å²) in [6.45, 7) is 3.26. The number of amides is 2. The fraction of sp³-hybridized carbons (Fsp3) is 0.250. The molecule has 2 N–H and O–H groups in total. The number of nitrogens with one attached hydrogen (secondary N) is 2. The first-order valence-corrected chi connectivity index (χ1v) is 9.25. The first-order chi connectivity index (χ1) is 12.8. The number of carbonyl (C=O) groups is 3. The number of carbonyl (C=O) groups excluding carboxylic acids is 3. The maximum atomic E-state index is 12.2. The molecule has 0 unspecified atom stereocenters. The van der Waals surface area contributed by atoms with Gasteiger partial charge in [0.25, 0.3) is 0 Å². The van der Waals surface area contributed by atoms with Crippen LogP contribution in [0, 0.1) is 0 Å². The second-order valence-corrected chi connectivity index (χ2v) is 6.87. The van der Waals surface area contributed by atoms with E-state index in [9.17, 15) is 14.4 Å². The van der Waals surface area contributed by atoms with Crippen LogP contribution in [0.1, 0.15) is 37.0 Å². The molecule has 2 rings (SSSR count). The number of hydrogen-bond acceptors (Lipinski definition) is 4. The van der Waals surface area contributed by atoms with E-state index in [1.54, 1.807) is 42.5 Å². The van der Waals surface area contributed by atoms with E-state index >= 15 is 0 Å². The quantitative estimate of drug-likeness (QED) is 0.477. The van der Waals surface area contributed by atoms with Crippen LogP contribution < -0.4 is 15.4 Å². The van der Waals surface area contributed by atoms with Gasteiger partial charge >= 0.3 is 0 Å². The number of ether oxygens (including phenoxy) is 1. The lowest BCUT2D eigenvalue weighted by Crippen LogP contribution is -2.15. The van der Waals surface area contributed by atoms with E-state index in [1.165, 1.54) is 13.8 Å². The Morgan fingerprint density at radius 3 is 2.48 bits per heavy atom. The van der Waals surface area contributed by atoms with Crippen LogP contribution in [0.5, 0.6) is 5.75 Å². The number of Topliss-reactive ketones (excluding diaryl/α,β-unsaturated/α-hetero) is 1. The van der Waals surface area contributed by atoms with Crippen molar-refractivity contribution in [1.82, 2.24) is 0 Å². The van der Waals surface area contributed by atoms with Crippen LogP contribution in [0.4, 0.5) is 11.4 Å². The zero-order valence-corrected chi connectivity index (χ0v) is 16.8. The van der Waals surface area contributed by atoms with E-state index in [0.717, 1.165) is 4.47 Å². The smallest absolute Gasteiger partial charge is 0.224 e. The minimum Gasteiger partial charge on any atom is -0.494 e. The molecule has 27 heavy (non-hydrogen) atoms. The molecule has 2 aromatic carbocycles. The van der Waals surface area contributed by atoms with Gasteiger partial charge in [0, 0.05) is 23.4 Å². The van der Waals surface area contributed by atoms with E-state index in [4.69, 9.17) is 4.74 Å². The minimum absolute atomic E-state index is 0.0242. The lowest BCUT2D eigenvalue weighted by Gasteiger charge is -2.12. The third kappa shape index (κ3) is 6.86. The zero-order chi connectivity index (χ0) is 19.8. The van der Waals surface area contributed by atoms with Crippen molar-refractivity contribution in [3.8, 4) is 5.75 Å². The average molecular weight is 433 g/mol. The van der Waals surface area contributed by atoms with E-state index < -0.39 is 0 Å². The lowest BCUT2D eigenvalue weighted by molar-refractivity contribution is -0.116. The Balaban J connectivity index is 1.85. The van der Waals surface area contributed by atoms with Gasteiger partial charge in [0.2, 0.25) is 11.8 Å². The molecular weight excluding hydrogens is 412 g/mol. The molecule has 2 amide bonds. The number of halogens is 1. The van der Waals surface area contributed by atoms with Gasteiger partial charge in [-0.2, -0.15) is 0 Å². The van der Waals surface area contributed by atoms with Gasteiger partial charge in [-0.25, -0.2) is 0 Å². The van der Waals surface area contributed by atoms with Crippen LogP contribution >= 0.6 is 15.9 Å². The number of rotatable bonds is 8. The normalized spacial score (nSPS) is 10.2. The summed E-state index contributed by atoms with van der Waals surface area (Å²) in [5.74, 6) is 0.182. The van der Waals surface area contributed by atoms with Crippen LogP contribution in [0.3, 0.4) is 0 Å². The Kier molecular flexibility index (Phi) is 7.55. The molecular formula is C20H21BrN2O4. The highest BCUT2D eigenvalue weighted by molar-refractivity contribution is 9.10. The zero-order valence-electron chi connectivity index (χ0n) is 15.2. The van der Waals surface area contributed by atoms with Crippen LogP contribution in [-0.4, -0.2) is 24.2 Å². The lowest BCUT2D eigenvalue weighted by atomic mass is 10.1. The highest BCUT2D eigenvalue weighted by Crippen LogP contribution is 2.26. The Labute approximate surface area is 166 Å². The molecule has 6 nitrogen and oxygen atoms in total. The molecule has 2 aromatic rings. The monoisotopic (exact) mass is 432 g/mol. The highest BCUT2D eigenvalue weighted by atomic mass is 79.9. The molecule has 0 fully saturated rings. The van der Waals surface area contributed by atoms with Gasteiger partial charge in [-0.05, 0) is 43.7 Å². The Morgan fingerprint density at radius 2 is 1.78 bits per heavy atom. The molecule has 0 bridgehead atoms. The molecule has 0 saturated carbocycles. The van der Waals surface area contributed by atoms with E-state index in [0.29, 0.717) is 35.7 Å². The summed E-state index contributed by atoms with van der Waals surface area (Å²) in [4.78, 5) is 34.8. The Morgan fingerprint density at radius 1 is 1.00 bits per heavy atom. The van der Waals surface area contributed by atoms with Crippen molar-refractivity contribution in [3.05, 3.63) is 52.5 Å². The molecule has 0 aliphatic heterocycles. The van der Waals surface area contributed by atoms with Crippen molar-refractivity contribution in [3.63, 3.8) is 0 Å². The van der Waals surface area contributed by atoms with Crippen molar-refractivity contribution in [2.75, 3.05) is 17.2 Å². The first-order valence-electron chi connectivity index (χ1n) is 8.46. The summed E-state index contributed by atoms with van der Waals surface area (Å²) >= 11 is 3.35. The third-order valence-electron chi connectivity index (χ3n) is 3.62. The first kappa shape index (κ1) is 20.6. The Hall–Kier alpha value is -2.67. The molecule has 0 heterocycles. The van der Waals surface area contributed by atoms with Crippen LogP contribution in [0.15, 0.2) is 46.9 Å². The topological polar surface area (TPSA) is 84.5 Å². The fourth-order valence-corrected chi connectivity index (χ4v) is 2.72. The van der Waals surface area contributed by atoms with E-state index in [2.05, 4.69) is 26.6 Å². The van der Waals surface area contributed by atoms with Crippen molar-refractivity contribution in [2.24, 2.45) is 0 Å². The Bertz CT molecular complexity index is 852. The van der Waals surface area contributed by atoms with Gasteiger partial charge in [0.1, 0.15) is 5.75 Å². The molecule has 0 aromatic heterocycles. The second kappa shape index (κ2) is 9.87. The third-order valence-corrected chi connectivity index (χ3v) is 4.12. The second-order valence-electron chi connectivity index (χ2n) is 5.96. The SMILES string of the molecule is CC(=O)Nc1ccc(Br)cc1NC(=O)CCCOc1cccc(C(C)=O)c1. The molecule has 142 valence electrons. The molecule has 0 atom stereocenters. The molecule has 0 aliphatic rings. The predicted octanol–water partition coefficient (Wildman–Crippen LogP) is 4.41. The highest BCUT2D eigenvalue weighted by Gasteiger charge is 2.09. The maximum Gasteiger partial charge on any atom is 0.224 e. The summed E-state index contributed by atoms with van der Waals surface area (Å²) in [6.07, 6.45) is 0.776. The van der Waals surface area contributed by atoms with Gasteiger partial charge in [-0.1, -0.05) is 28.1 Å². The van der Waals surface area contributed by atoms with Crippen LogP contribution in [0.25, 0.3) is 0 Å². The summed E-state index contributed by atoms with van der Waals surface area (Å²) < 4.78 is 6.39. The van der Waals surface area contributed by atoms with Gasteiger partial charge in [0.15, 0.2) is 5.78 Å². The van der Waals surface area contributed by atoms with Crippen molar-refractivity contribution in [2.45, 2.75) is 26.7 Å². The molecule has 0 aliphatic carbocycles. The van der Waals surface area contributed by atoms with Crippen molar-refractivity contribution in [1.29, 1.82) is 0 Å². The molecule has 7 heteroatoms. The van der Waals surface area contributed by atoms with Crippen LogP contribution in [-0.2, 0) is 9.59 Å². The predicted molar refractivity (Wildman–Crippen MR) is 108 cm³/mol. The average Bonchev–Trinajstić information content (AvgIpc) is 2.61. The molecule has 0 saturated heterocycles. The van der Waals surface area contributed by atoms with E-state index in [1.807, 2.05) is 0 Å². The molecule has 0 spiro atoms.